The minimum absolute atomic E-state index is 0.136. The molecule has 6 nitrogen and oxygen atoms in total. The fourth-order valence-corrected chi connectivity index (χ4v) is 4.06. The van der Waals surface area contributed by atoms with Crippen LogP contribution in [0.25, 0.3) is 10.6 Å². The van der Waals surface area contributed by atoms with Gasteiger partial charge in [0.05, 0.1) is 15.5 Å². The first-order valence-corrected chi connectivity index (χ1v) is 9.75. The zero-order chi connectivity index (χ0) is 16.7. The van der Waals surface area contributed by atoms with Crippen molar-refractivity contribution in [3.05, 3.63) is 53.5 Å². The normalized spacial score (nSPS) is 14.0. The van der Waals surface area contributed by atoms with Crippen LogP contribution in [0.4, 0.5) is 11.6 Å². The first kappa shape index (κ1) is 15.3. The number of primary sulfonamides is 1. The largest absolute Gasteiger partial charge is 0.310 e. The number of thiophene rings is 1. The summed E-state index contributed by atoms with van der Waals surface area (Å²) in [6.45, 7) is 0.706. The smallest absolute Gasteiger partial charge is 0.238 e. The van der Waals surface area contributed by atoms with E-state index in [1.165, 1.54) is 6.07 Å². The number of sulfonamides is 1. The molecular weight excluding hydrogens is 344 g/mol. The average molecular weight is 358 g/mol. The number of hydrogen-bond donors (Lipinski definition) is 1. The lowest BCUT2D eigenvalue weighted by Crippen LogP contribution is -2.16. The lowest BCUT2D eigenvalue weighted by molar-refractivity contribution is 0.597. The Balaban J connectivity index is 1.73. The van der Waals surface area contributed by atoms with Crippen LogP contribution >= 0.6 is 11.3 Å². The molecule has 1 aliphatic heterocycles. The highest BCUT2D eigenvalue weighted by atomic mass is 32.2. The standard InChI is InChI=1S/C16H14N4O2S2/c17-24(21,22)12-3-4-14-11(10-12)6-8-20(14)16-18-7-5-13(19-16)15-2-1-9-23-15/h1-5,7,9-10H,6,8H2,(H2,17,21,22). The van der Waals surface area contributed by atoms with E-state index in [2.05, 4.69) is 9.97 Å². The summed E-state index contributed by atoms with van der Waals surface area (Å²) in [4.78, 5) is 12.2. The second kappa shape index (κ2) is 5.66. The minimum Gasteiger partial charge on any atom is -0.310 e. The monoisotopic (exact) mass is 358 g/mol. The van der Waals surface area contributed by atoms with Crippen LogP contribution in [0.15, 0.2) is 52.9 Å². The molecule has 0 unspecified atom stereocenters. The van der Waals surface area contributed by atoms with Crippen molar-refractivity contribution in [2.24, 2.45) is 5.14 Å². The Kier molecular flexibility index (Phi) is 3.60. The summed E-state index contributed by atoms with van der Waals surface area (Å²) in [6, 6.07) is 10.8. The van der Waals surface area contributed by atoms with Crippen molar-refractivity contribution < 1.29 is 8.42 Å². The van der Waals surface area contributed by atoms with Crippen molar-refractivity contribution in [2.75, 3.05) is 11.4 Å². The molecule has 0 amide bonds. The number of nitrogens with two attached hydrogens (primary N) is 1. The maximum absolute atomic E-state index is 11.5. The van der Waals surface area contributed by atoms with Crippen molar-refractivity contribution in [1.82, 2.24) is 9.97 Å². The second-order valence-corrected chi connectivity index (χ2v) is 7.97. The van der Waals surface area contributed by atoms with Gasteiger partial charge in [0, 0.05) is 18.4 Å². The molecule has 0 bridgehead atoms. The van der Waals surface area contributed by atoms with Gasteiger partial charge in [0.1, 0.15) is 0 Å². The zero-order valence-corrected chi connectivity index (χ0v) is 14.2. The van der Waals surface area contributed by atoms with Gasteiger partial charge in [-0.3, -0.25) is 0 Å². The van der Waals surface area contributed by atoms with Crippen LogP contribution in [-0.2, 0) is 16.4 Å². The van der Waals surface area contributed by atoms with E-state index in [0.29, 0.717) is 12.5 Å². The molecule has 2 N–H and O–H groups in total. The molecule has 1 aromatic carbocycles. The van der Waals surface area contributed by atoms with Gasteiger partial charge in [0.2, 0.25) is 16.0 Å². The predicted molar refractivity (Wildman–Crippen MR) is 93.9 cm³/mol. The van der Waals surface area contributed by atoms with E-state index in [1.54, 1.807) is 29.7 Å². The van der Waals surface area contributed by atoms with Gasteiger partial charge in [-0.1, -0.05) is 6.07 Å². The van der Waals surface area contributed by atoms with E-state index in [9.17, 15) is 8.42 Å². The molecule has 8 heteroatoms. The molecule has 24 heavy (non-hydrogen) atoms. The van der Waals surface area contributed by atoms with Gasteiger partial charge < -0.3 is 4.90 Å². The van der Waals surface area contributed by atoms with Gasteiger partial charge in [0.25, 0.3) is 0 Å². The summed E-state index contributed by atoms with van der Waals surface area (Å²) < 4.78 is 23.0. The Morgan fingerprint density at radius 3 is 2.83 bits per heavy atom. The van der Waals surface area contributed by atoms with Crippen molar-refractivity contribution in [2.45, 2.75) is 11.3 Å². The van der Waals surface area contributed by atoms with E-state index in [0.717, 1.165) is 28.2 Å². The highest BCUT2D eigenvalue weighted by molar-refractivity contribution is 7.89. The molecule has 122 valence electrons. The number of aromatic nitrogens is 2. The van der Waals surface area contributed by atoms with Crippen LogP contribution in [-0.4, -0.2) is 24.9 Å². The molecule has 1 aliphatic rings. The Hall–Kier alpha value is -2.29. The number of anilines is 2. The fourth-order valence-electron chi connectivity index (χ4n) is 2.80. The molecule has 0 spiro atoms. The summed E-state index contributed by atoms with van der Waals surface area (Å²) in [7, 11) is -3.69. The highest BCUT2D eigenvalue weighted by Gasteiger charge is 2.24. The Morgan fingerprint density at radius 2 is 2.08 bits per heavy atom. The third kappa shape index (κ3) is 2.68. The van der Waals surface area contributed by atoms with Gasteiger partial charge in [-0.2, -0.15) is 0 Å². The van der Waals surface area contributed by atoms with Crippen molar-refractivity contribution >= 4 is 33.0 Å². The zero-order valence-electron chi connectivity index (χ0n) is 12.6. The maximum atomic E-state index is 11.5. The summed E-state index contributed by atoms with van der Waals surface area (Å²) in [6.07, 6.45) is 2.47. The van der Waals surface area contributed by atoms with E-state index in [4.69, 9.17) is 5.14 Å². The summed E-state index contributed by atoms with van der Waals surface area (Å²) in [5.74, 6) is 0.614. The molecule has 0 saturated carbocycles. The molecule has 0 radical (unpaired) electrons. The van der Waals surface area contributed by atoms with E-state index in [-0.39, 0.29) is 4.90 Å². The second-order valence-electron chi connectivity index (χ2n) is 5.46. The van der Waals surface area contributed by atoms with Gasteiger partial charge in [-0.15, -0.1) is 11.3 Å². The van der Waals surface area contributed by atoms with Gasteiger partial charge in [0.15, 0.2) is 0 Å². The van der Waals surface area contributed by atoms with Crippen molar-refractivity contribution in [1.29, 1.82) is 0 Å². The molecule has 3 aromatic rings. The molecule has 2 aromatic heterocycles. The van der Waals surface area contributed by atoms with Crippen LogP contribution in [0.5, 0.6) is 0 Å². The first-order chi connectivity index (χ1) is 11.5. The maximum Gasteiger partial charge on any atom is 0.238 e. The molecule has 0 saturated heterocycles. The number of benzene rings is 1. The van der Waals surface area contributed by atoms with Crippen LogP contribution in [0.1, 0.15) is 5.56 Å². The summed E-state index contributed by atoms with van der Waals surface area (Å²) in [5.41, 5.74) is 2.74. The van der Waals surface area contributed by atoms with Gasteiger partial charge in [-0.05, 0) is 47.7 Å². The van der Waals surface area contributed by atoms with E-state index >= 15 is 0 Å². The van der Waals surface area contributed by atoms with Gasteiger partial charge >= 0.3 is 0 Å². The molecule has 0 atom stereocenters. The molecular formula is C16H14N4O2S2. The van der Waals surface area contributed by atoms with Crippen molar-refractivity contribution in [3.8, 4) is 10.6 Å². The number of fused-ring (bicyclic) bond motifs is 1. The first-order valence-electron chi connectivity index (χ1n) is 7.32. The quantitative estimate of drug-likeness (QED) is 0.777. The number of rotatable bonds is 3. The lowest BCUT2D eigenvalue weighted by Gasteiger charge is -2.17. The minimum atomic E-state index is -3.69. The molecule has 4 rings (SSSR count). The third-order valence-corrected chi connectivity index (χ3v) is 5.74. The third-order valence-electron chi connectivity index (χ3n) is 3.93. The highest BCUT2D eigenvalue weighted by Crippen LogP contribution is 2.34. The Bertz CT molecular complexity index is 1000. The fraction of sp³-hybridized carbons (Fsp3) is 0.125. The van der Waals surface area contributed by atoms with Crippen LogP contribution in [0.3, 0.4) is 0 Å². The lowest BCUT2D eigenvalue weighted by atomic mass is 10.2. The molecule has 0 fully saturated rings. The summed E-state index contributed by atoms with van der Waals surface area (Å²) in [5, 5.41) is 7.22. The average Bonchev–Trinajstić information content (AvgIpc) is 3.23. The van der Waals surface area contributed by atoms with Crippen LogP contribution in [0.2, 0.25) is 0 Å². The molecule has 3 heterocycles. The van der Waals surface area contributed by atoms with Crippen LogP contribution in [0, 0.1) is 0 Å². The van der Waals surface area contributed by atoms with Gasteiger partial charge in [-0.25, -0.2) is 23.5 Å². The Morgan fingerprint density at radius 1 is 1.21 bits per heavy atom. The van der Waals surface area contributed by atoms with E-state index in [1.807, 2.05) is 28.5 Å². The van der Waals surface area contributed by atoms with Crippen molar-refractivity contribution in [3.63, 3.8) is 0 Å². The topological polar surface area (TPSA) is 89.2 Å². The predicted octanol–water partition coefficient (Wildman–Crippen LogP) is 2.55. The van der Waals surface area contributed by atoms with Crippen LogP contribution < -0.4 is 10.0 Å². The number of nitrogens with zero attached hydrogens (tertiary/aromatic N) is 3. The molecule has 0 aliphatic carbocycles. The Labute approximate surface area is 143 Å². The van der Waals surface area contributed by atoms with E-state index < -0.39 is 10.0 Å². The summed E-state index contributed by atoms with van der Waals surface area (Å²) >= 11 is 1.63. The SMILES string of the molecule is NS(=O)(=O)c1ccc2c(c1)CCN2c1nccc(-c2cccs2)n1. The number of hydrogen-bond acceptors (Lipinski definition) is 6.